The lowest BCUT2D eigenvalue weighted by Gasteiger charge is -2.18. The van der Waals surface area contributed by atoms with Crippen LogP contribution in [0.4, 0.5) is 0 Å². The van der Waals surface area contributed by atoms with Crippen LogP contribution in [0, 0.1) is 0 Å². The maximum Gasteiger partial charge on any atom is 0.345 e. The number of rotatable bonds is 15. The normalized spacial score (nSPS) is 14.0. The Morgan fingerprint density at radius 1 is 0.840 bits per heavy atom. The number of aliphatic carboxylic acids is 1. The van der Waals surface area contributed by atoms with Gasteiger partial charge in [-0.25, -0.2) is 0 Å². The van der Waals surface area contributed by atoms with Crippen molar-refractivity contribution >= 4 is 32.1 Å². The summed E-state index contributed by atoms with van der Waals surface area (Å²) in [5, 5.41) is 6.63. The third-order valence-electron chi connectivity index (χ3n) is 3.84. The molecule has 0 aromatic carbocycles. The smallest absolute Gasteiger partial charge is 0.345 e. The molecule has 25 heavy (non-hydrogen) atoms. The molecule has 0 rings (SSSR count). The molecular weight excluding hydrogens is 390 g/mol. The minimum atomic E-state index is -4.81. The van der Waals surface area contributed by atoms with E-state index in [1.54, 1.807) is 6.26 Å². The Hall–Kier alpha value is 0.120. The van der Waals surface area contributed by atoms with Gasteiger partial charge in [0, 0.05) is 6.42 Å². The van der Waals surface area contributed by atoms with Crippen molar-refractivity contribution in [2.75, 3.05) is 17.8 Å². The van der Waals surface area contributed by atoms with Crippen LogP contribution in [0.5, 0.6) is 0 Å². The van der Waals surface area contributed by atoms with Gasteiger partial charge in [0.2, 0.25) is 5.40 Å². The monoisotopic (exact) mass is 421 g/mol. The first-order chi connectivity index (χ1) is 11.4. The topological polar surface area (TPSA) is 152 Å². The van der Waals surface area contributed by atoms with E-state index in [1.807, 2.05) is 0 Å². The molecule has 0 amide bonds. The van der Waals surface area contributed by atoms with Gasteiger partial charge in [-0.15, -0.1) is 0 Å². The second kappa shape index (κ2) is 12.5. The zero-order chi connectivity index (χ0) is 19.5. The fourth-order valence-electron chi connectivity index (χ4n) is 2.41. The summed E-state index contributed by atoms with van der Waals surface area (Å²) < 4.78 is 22.5. The van der Waals surface area contributed by atoms with Gasteiger partial charge in [-0.3, -0.25) is 13.9 Å². The number of carboxylic acids is 1. The molecule has 1 unspecified atom stereocenters. The van der Waals surface area contributed by atoms with Crippen molar-refractivity contribution in [2.24, 2.45) is 0 Å². The van der Waals surface area contributed by atoms with E-state index in [2.05, 4.69) is 0 Å². The zero-order valence-electron chi connectivity index (χ0n) is 14.6. The van der Waals surface area contributed by atoms with Gasteiger partial charge in [-0.2, -0.15) is 0 Å². The lowest BCUT2D eigenvalue weighted by Crippen LogP contribution is -2.23. The maximum atomic E-state index is 11.2. The Morgan fingerprint density at radius 2 is 1.24 bits per heavy atom. The fraction of sp³-hybridized carbons (Fsp3) is 0.929. The van der Waals surface area contributed by atoms with Crippen molar-refractivity contribution in [2.45, 2.75) is 63.2 Å². The second-order valence-electron chi connectivity index (χ2n) is 6.28. The number of hydrogen-bond donors (Lipinski definition) is 5. The summed E-state index contributed by atoms with van der Waals surface area (Å²) in [6.07, 6.45) is 9.69. The van der Waals surface area contributed by atoms with Crippen LogP contribution in [0.3, 0.4) is 0 Å². The molecule has 0 aliphatic rings. The predicted octanol–water partition coefficient (Wildman–Crippen LogP) is 2.51. The lowest BCUT2D eigenvalue weighted by molar-refractivity contribution is -0.137. The van der Waals surface area contributed by atoms with Crippen LogP contribution in [-0.4, -0.2) is 53.8 Å². The third-order valence-corrected chi connectivity index (χ3v) is 9.95. The number of unbranched alkanes of at least 4 members (excludes halogenated alkanes) is 7. The van der Waals surface area contributed by atoms with Crippen LogP contribution < -0.4 is 0 Å². The molecule has 0 aromatic rings. The van der Waals surface area contributed by atoms with E-state index in [4.69, 9.17) is 24.7 Å². The SMILES string of the molecule is C[S+](CCCCCCCCCCC(=O)O)CC(P(=O)(O)O)P(=O)(O)O. The van der Waals surface area contributed by atoms with Gasteiger partial charge in [0.05, 0.1) is 6.26 Å². The maximum absolute atomic E-state index is 11.2. The first-order valence-electron chi connectivity index (χ1n) is 8.36. The van der Waals surface area contributed by atoms with E-state index in [1.165, 1.54) is 0 Å². The van der Waals surface area contributed by atoms with Gasteiger partial charge in [0.1, 0.15) is 11.5 Å². The Kier molecular flexibility index (Phi) is 12.6. The largest absolute Gasteiger partial charge is 0.481 e. The molecule has 0 aromatic heterocycles. The van der Waals surface area contributed by atoms with Crippen molar-refractivity contribution in [3.63, 3.8) is 0 Å². The first-order valence-corrected chi connectivity index (χ1v) is 13.7. The number of carbonyl (C=O) groups is 1. The average molecular weight is 421 g/mol. The molecule has 0 radical (unpaired) electrons. The van der Waals surface area contributed by atoms with Crippen LogP contribution in [0.15, 0.2) is 0 Å². The number of carboxylic acid groups (broad SMARTS) is 1. The minimum absolute atomic E-state index is 0.155. The van der Waals surface area contributed by atoms with E-state index in [0.717, 1.165) is 44.9 Å². The highest BCUT2D eigenvalue weighted by molar-refractivity contribution is 7.97. The van der Waals surface area contributed by atoms with Crippen LogP contribution >= 0.6 is 15.2 Å². The van der Waals surface area contributed by atoms with Crippen LogP contribution in [0.25, 0.3) is 0 Å². The van der Waals surface area contributed by atoms with Crippen LogP contribution in [0.2, 0.25) is 0 Å². The molecule has 0 saturated heterocycles. The van der Waals surface area contributed by atoms with Gasteiger partial charge in [-0.1, -0.05) is 32.1 Å². The fourth-order valence-corrected chi connectivity index (χ4v) is 8.43. The van der Waals surface area contributed by atoms with E-state index in [9.17, 15) is 13.9 Å². The van der Waals surface area contributed by atoms with Crippen molar-refractivity contribution in [1.82, 2.24) is 0 Å². The molecule has 5 N–H and O–H groups in total. The van der Waals surface area contributed by atoms with Crippen LogP contribution in [0.1, 0.15) is 57.8 Å². The Labute approximate surface area is 152 Å². The second-order valence-corrected chi connectivity index (χ2v) is 12.6. The molecule has 0 fully saturated rings. The van der Waals surface area contributed by atoms with E-state index >= 15 is 0 Å². The summed E-state index contributed by atoms with van der Waals surface area (Å²) in [4.78, 5) is 46.8. The molecule has 0 bridgehead atoms. The van der Waals surface area contributed by atoms with E-state index < -0.39 is 37.5 Å². The molecule has 0 aliphatic carbocycles. The summed E-state index contributed by atoms with van der Waals surface area (Å²) in [5.74, 6) is -0.206. The molecule has 11 heteroatoms. The van der Waals surface area contributed by atoms with Gasteiger partial charge in [-0.05, 0) is 30.2 Å². The minimum Gasteiger partial charge on any atom is -0.481 e. The van der Waals surface area contributed by atoms with Crippen LogP contribution in [-0.2, 0) is 24.8 Å². The highest BCUT2D eigenvalue weighted by Crippen LogP contribution is 2.60. The molecule has 0 heterocycles. The molecule has 150 valence electrons. The summed E-state index contributed by atoms with van der Waals surface area (Å²) in [6, 6.07) is 0. The molecule has 1 atom stereocenters. The van der Waals surface area contributed by atoms with Gasteiger partial charge in [0.25, 0.3) is 0 Å². The number of hydrogen-bond acceptors (Lipinski definition) is 3. The van der Waals surface area contributed by atoms with E-state index in [-0.39, 0.29) is 12.2 Å². The lowest BCUT2D eigenvalue weighted by atomic mass is 10.1. The van der Waals surface area contributed by atoms with Crippen molar-refractivity contribution in [3.05, 3.63) is 0 Å². The average Bonchev–Trinajstić information content (AvgIpc) is 2.44. The Morgan fingerprint density at radius 3 is 1.64 bits per heavy atom. The predicted molar refractivity (Wildman–Crippen MR) is 100 cm³/mol. The summed E-state index contributed by atoms with van der Waals surface area (Å²) in [6.45, 7) is 0. The highest BCUT2D eigenvalue weighted by Gasteiger charge is 2.47. The highest BCUT2D eigenvalue weighted by atomic mass is 32.2. The molecule has 0 spiro atoms. The summed E-state index contributed by atoms with van der Waals surface area (Å²) >= 11 is 0. The molecular formula is C14H31O8P2S+. The summed E-state index contributed by atoms with van der Waals surface area (Å²) in [7, 11) is -10.1. The Balaban J connectivity index is 3.80. The van der Waals surface area contributed by atoms with Crippen molar-refractivity contribution in [1.29, 1.82) is 0 Å². The Bertz CT molecular complexity index is 453. The third kappa shape index (κ3) is 13.9. The standard InChI is InChI=1S/C14H30O8P2S/c1-25(12-14(23(17,18)19)24(20,21)22)11-9-7-5-3-2-4-6-8-10-13(15)16/h14H,2-12H2,1H3,(H4-,15,16,17,18,19,20,21,22)/p+1. The van der Waals surface area contributed by atoms with Crippen molar-refractivity contribution in [3.8, 4) is 0 Å². The van der Waals surface area contributed by atoms with Gasteiger partial charge >= 0.3 is 21.2 Å². The molecule has 8 nitrogen and oxygen atoms in total. The van der Waals surface area contributed by atoms with Gasteiger partial charge in [0.15, 0.2) is 0 Å². The molecule has 0 saturated carbocycles. The first kappa shape index (κ1) is 25.1. The van der Waals surface area contributed by atoms with E-state index in [0.29, 0.717) is 12.2 Å². The summed E-state index contributed by atoms with van der Waals surface area (Å²) in [5.41, 5.74) is 0. The zero-order valence-corrected chi connectivity index (χ0v) is 17.2. The van der Waals surface area contributed by atoms with Crippen molar-refractivity contribution < 1.29 is 38.6 Å². The molecule has 0 aliphatic heterocycles. The quantitative estimate of drug-likeness (QED) is 0.154. The van der Waals surface area contributed by atoms with Gasteiger partial charge < -0.3 is 24.7 Å².